The highest BCUT2D eigenvalue weighted by Gasteiger charge is 2.20. The Hall–Kier alpha value is -1.46. The molecule has 1 rings (SSSR count). The molecule has 0 aromatic carbocycles. The van der Waals surface area contributed by atoms with E-state index < -0.39 is 0 Å². The lowest BCUT2D eigenvalue weighted by Gasteiger charge is -2.27. The molecule has 1 aromatic heterocycles. The maximum Gasteiger partial charge on any atom is 0.225 e. The Morgan fingerprint density at radius 3 is 2.70 bits per heavy atom. The first kappa shape index (κ1) is 16.6. The third kappa shape index (κ3) is 5.67. The van der Waals surface area contributed by atoms with E-state index in [1.165, 1.54) is 0 Å². The molecule has 20 heavy (non-hydrogen) atoms. The van der Waals surface area contributed by atoms with Crippen LogP contribution in [0.3, 0.4) is 0 Å². The average Bonchev–Trinajstić information content (AvgIpc) is 2.44. The van der Waals surface area contributed by atoms with Gasteiger partial charge >= 0.3 is 0 Å². The lowest BCUT2D eigenvalue weighted by molar-refractivity contribution is -0.136. The largest absolute Gasteiger partial charge is 0.337 e. The van der Waals surface area contributed by atoms with Crippen LogP contribution >= 0.6 is 0 Å². The second kappa shape index (κ2) is 8.66. The molecule has 0 spiro atoms. The zero-order chi connectivity index (χ0) is 15.0. The van der Waals surface area contributed by atoms with Gasteiger partial charge in [-0.05, 0) is 38.7 Å². The first-order valence-electron chi connectivity index (χ1n) is 7.07. The maximum absolute atomic E-state index is 12.5. The Morgan fingerprint density at radius 1 is 1.40 bits per heavy atom. The van der Waals surface area contributed by atoms with Crippen molar-refractivity contribution in [2.75, 3.05) is 33.7 Å². The molecule has 0 aliphatic carbocycles. The molecule has 0 aliphatic rings. The monoisotopic (exact) mass is 278 g/mol. The Balaban J connectivity index is 2.71. The molecule has 0 saturated carbocycles. The van der Waals surface area contributed by atoms with Crippen LogP contribution in [0.5, 0.6) is 0 Å². The number of likely N-dealkylation sites (N-methyl/N-ethyl adjacent to an activating group) is 1. The van der Waals surface area contributed by atoms with Gasteiger partial charge in [-0.3, -0.25) is 9.78 Å². The van der Waals surface area contributed by atoms with Gasteiger partial charge in [0, 0.05) is 37.9 Å². The quantitative estimate of drug-likeness (QED) is 0.769. The zero-order valence-electron chi connectivity index (χ0n) is 12.7. The van der Waals surface area contributed by atoms with Gasteiger partial charge in [-0.1, -0.05) is 13.0 Å². The Bertz CT molecular complexity index is 394. The summed E-state index contributed by atoms with van der Waals surface area (Å²) in [6.07, 6.45) is 4.28. The van der Waals surface area contributed by atoms with E-state index in [1.54, 1.807) is 6.20 Å². The van der Waals surface area contributed by atoms with Crippen LogP contribution < -0.4 is 5.73 Å². The fraction of sp³-hybridized carbons (Fsp3) is 0.600. The predicted molar refractivity (Wildman–Crippen MR) is 81.0 cm³/mol. The van der Waals surface area contributed by atoms with Gasteiger partial charge in [0.25, 0.3) is 0 Å². The van der Waals surface area contributed by atoms with Gasteiger partial charge < -0.3 is 15.5 Å². The predicted octanol–water partition coefficient (Wildman–Crippen LogP) is 0.957. The second-order valence-electron chi connectivity index (χ2n) is 5.40. The summed E-state index contributed by atoms with van der Waals surface area (Å²) in [6, 6.07) is 3.89. The van der Waals surface area contributed by atoms with Crippen LogP contribution in [0.4, 0.5) is 0 Å². The van der Waals surface area contributed by atoms with E-state index in [4.69, 9.17) is 5.73 Å². The number of rotatable bonds is 8. The first-order chi connectivity index (χ1) is 9.54. The van der Waals surface area contributed by atoms with Crippen molar-refractivity contribution >= 4 is 5.91 Å². The number of hydrogen-bond acceptors (Lipinski definition) is 4. The number of nitrogens with zero attached hydrogens (tertiary/aromatic N) is 3. The standard InChI is InChI=1S/C15H26N4O/c1-13(6-7-16)15(20)19(10-9-18(2)3)12-14-5-4-8-17-11-14/h4-5,8,11,13H,6-7,9-10,12,16H2,1-3H3. The lowest BCUT2D eigenvalue weighted by Crippen LogP contribution is -2.39. The van der Waals surface area contributed by atoms with Gasteiger partial charge in [-0.25, -0.2) is 0 Å². The summed E-state index contributed by atoms with van der Waals surface area (Å²) < 4.78 is 0. The summed E-state index contributed by atoms with van der Waals surface area (Å²) in [6.45, 7) is 4.66. The smallest absolute Gasteiger partial charge is 0.225 e. The Kier molecular flexibility index (Phi) is 7.18. The molecule has 0 saturated heterocycles. The number of hydrogen-bond donors (Lipinski definition) is 1. The van der Waals surface area contributed by atoms with E-state index in [-0.39, 0.29) is 11.8 Å². The van der Waals surface area contributed by atoms with Gasteiger partial charge in [0.2, 0.25) is 5.91 Å². The van der Waals surface area contributed by atoms with Crippen LogP contribution in [-0.4, -0.2) is 54.4 Å². The number of pyridine rings is 1. The molecule has 2 N–H and O–H groups in total. The van der Waals surface area contributed by atoms with Crippen molar-refractivity contribution < 1.29 is 4.79 Å². The third-order valence-corrected chi connectivity index (χ3v) is 3.25. The van der Waals surface area contributed by atoms with Crippen molar-refractivity contribution in [3.05, 3.63) is 30.1 Å². The molecule has 0 aliphatic heterocycles. The Morgan fingerprint density at radius 2 is 2.15 bits per heavy atom. The first-order valence-corrected chi connectivity index (χ1v) is 7.07. The van der Waals surface area contributed by atoms with Crippen molar-refractivity contribution in [3.8, 4) is 0 Å². The summed E-state index contributed by atoms with van der Waals surface area (Å²) in [5.41, 5.74) is 6.61. The minimum absolute atomic E-state index is 0.0289. The molecule has 1 unspecified atom stereocenters. The van der Waals surface area contributed by atoms with Crippen molar-refractivity contribution in [1.82, 2.24) is 14.8 Å². The highest BCUT2D eigenvalue weighted by molar-refractivity contribution is 5.78. The van der Waals surface area contributed by atoms with E-state index in [2.05, 4.69) is 9.88 Å². The van der Waals surface area contributed by atoms with Crippen LogP contribution in [0.15, 0.2) is 24.5 Å². The van der Waals surface area contributed by atoms with Crippen LogP contribution in [0.25, 0.3) is 0 Å². The molecule has 1 atom stereocenters. The van der Waals surface area contributed by atoms with E-state index in [0.717, 1.165) is 25.1 Å². The number of carbonyl (C=O) groups excluding carboxylic acids is 1. The van der Waals surface area contributed by atoms with E-state index in [0.29, 0.717) is 13.1 Å². The van der Waals surface area contributed by atoms with E-state index in [9.17, 15) is 4.79 Å². The van der Waals surface area contributed by atoms with Crippen LogP contribution in [0, 0.1) is 5.92 Å². The molecule has 0 fully saturated rings. The molecule has 0 radical (unpaired) electrons. The summed E-state index contributed by atoms with van der Waals surface area (Å²) in [5, 5.41) is 0. The molecule has 1 aromatic rings. The highest BCUT2D eigenvalue weighted by Crippen LogP contribution is 2.10. The fourth-order valence-electron chi connectivity index (χ4n) is 1.99. The molecular formula is C15H26N4O. The average molecular weight is 278 g/mol. The summed E-state index contributed by atoms with van der Waals surface area (Å²) in [5.74, 6) is 0.139. The minimum atomic E-state index is -0.0289. The number of nitrogens with two attached hydrogens (primary N) is 1. The van der Waals surface area contributed by atoms with Crippen LogP contribution in [0.2, 0.25) is 0 Å². The van der Waals surface area contributed by atoms with E-state index in [1.807, 2.05) is 44.2 Å². The molecule has 5 heteroatoms. The highest BCUT2D eigenvalue weighted by atomic mass is 16.2. The molecule has 1 amide bonds. The Labute approximate surface area is 121 Å². The van der Waals surface area contributed by atoms with Crippen molar-refractivity contribution in [3.63, 3.8) is 0 Å². The summed E-state index contributed by atoms with van der Waals surface area (Å²) in [7, 11) is 4.02. The van der Waals surface area contributed by atoms with Crippen molar-refractivity contribution in [2.45, 2.75) is 19.9 Å². The van der Waals surface area contributed by atoms with Crippen molar-refractivity contribution in [1.29, 1.82) is 0 Å². The van der Waals surface area contributed by atoms with Crippen molar-refractivity contribution in [2.24, 2.45) is 11.7 Å². The molecule has 1 heterocycles. The summed E-state index contributed by atoms with van der Waals surface area (Å²) >= 11 is 0. The third-order valence-electron chi connectivity index (χ3n) is 3.25. The van der Waals surface area contributed by atoms with Gasteiger partial charge in [0.05, 0.1) is 0 Å². The lowest BCUT2D eigenvalue weighted by atomic mass is 10.1. The maximum atomic E-state index is 12.5. The molecular weight excluding hydrogens is 252 g/mol. The minimum Gasteiger partial charge on any atom is -0.337 e. The van der Waals surface area contributed by atoms with Gasteiger partial charge in [0.1, 0.15) is 0 Å². The molecule has 112 valence electrons. The van der Waals surface area contributed by atoms with Crippen LogP contribution in [0.1, 0.15) is 18.9 Å². The second-order valence-corrected chi connectivity index (χ2v) is 5.40. The molecule has 0 bridgehead atoms. The fourth-order valence-corrected chi connectivity index (χ4v) is 1.99. The van der Waals surface area contributed by atoms with Gasteiger partial charge in [-0.15, -0.1) is 0 Å². The number of carbonyl (C=O) groups is 1. The number of amides is 1. The topological polar surface area (TPSA) is 62.5 Å². The number of aromatic nitrogens is 1. The van der Waals surface area contributed by atoms with Gasteiger partial charge in [-0.2, -0.15) is 0 Å². The molecule has 5 nitrogen and oxygen atoms in total. The van der Waals surface area contributed by atoms with E-state index >= 15 is 0 Å². The zero-order valence-corrected chi connectivity index (χ0v) is 12.7. The SMILES string of the molecule is CC(CCN)C(=O)N(CCN(C)C)Cc1cccnc1. The summed E-state index contributed by atoms with van der Waals surface area (Å²) in [4.78, 5) is 20.6. The van der Waals surface area contributed by atoms with Gasteiger partial charge in [0.15, 0.2) is 0 Å². The normalized spacial score (nSPS) is 12.4. The van der Waals surface area contributed by atoms with Crippen LogP contribution in [-0.2, 0) is 11.3 Å².